The fraction of sp³-hybridized carbons (Fsp3) is 0.524. The molecule has 2 fully saturated rings. The minimum atomic E-state index is -1.01. The molecule has 0 atom stereocenters. The van der Waals surface area contributed by atoms with Gasteiger partial charge >= 0.3 is 0 Å². The monoisotopic (exact) mass is 369 g/mol. The van der Waals surface area contributed by atoms with Crippen molar-refractivity contribution in [2.75, 3.05) is 0 Å². The molecule has 2 aliphatic carbocycles. The number of aromatic nitrogens is 2. The lowest BCUT2D eigenvalue weighted by Crippen LogP contribution is -2.40. The van der Waals surface area contributed by atoms with E-state index in [1.54, 1.807) is 0 Å². The Morgan fingerprint density at radius 3 is 2.46 bits per heavy atom. The minimum absolute atomic E-state index is 0.521. The van der Waals surface area contributed by atoms with Gasteiger partial charge in [0.2, 0.25) is 0 Å². The Morgan fingerprint density at radius 2 is 1.88 bits per heavy atom. The van der Waals surface area contributed by atoms with Crippen molar-refractivity contribution in [3.63, 3.8) is 0 Å². The van der Waals surface area contributed by atoms with Gasteiger partial charge in [-0.3, -0.25) is 0 Å². The van der Waals surface area contributed by atoms with Crippen molar-refractivity contribution in [1.29, 1.82) is 5.26 Å². The summed E-state index contributed by atoms with van der Waals surface area (Å²) < 4.78 is 2.01. The van der Waals surface area contributed by atoms with Gasteiger partial charge in [0, 0.05) is 6.54 Å². The summed E-state index contributed by atoms with van der Waals surface area (Å²) in [4.78, 5) is 4.63. The van der Waals surface area contributed by atoms with E-state index in [0.717, 1.165) is 17.8 Å². The molecule has 0 radical (unpaired) electrons. The lowest BCUT2D eigenvalue weighted by Gasteiger charge is -2.40. The molecule has 1 aromatic heterocycles. The molecule has 2 aliphatic rings. The molecule has 1 N–H and O–H groups in total. The van der Waals surface area contributed by atoms with E-state index in [1.165, 1.54) is 12.8 Å². The Hall–Kier alpha value is -1.83. The first kappa shape index (κ1) is 17.6. The number of hydrogen-bond donors (Lipinski definition) is 1. The first-order chi connectivity index (χ1) is 12.5. The summed E-state index contributed by atoms with van der Waals surface area (Å²) in [6, 6.07) is 12.5. The van der Waals surface area contributed by atoms with Crippen LogP contribution in [0.1, 0.15) is 55.6 Å². The largest absolute Gasteiger partial charge is 0.382 e. The smallest absolute Gasteiger partial charge is 0.142 e. The molecule has 0 bridgehead atoms. The van der Waals surface area contributed by atoms with Crippen LogP contribution < -0.4 is 0 Å². The Balaban J connectivity index is 1.62. The Bertz CT molecular complexity index is 840. The highest BCUT2D eigenvalue weighted by atomic mass is 35.5. The maximum Gasteiger partial charge on any atom is 0.142 e. The summed E-state index contributed by atoms with van der Waals surface area (Å²) in [6.45, 7) is 2.73. The number of aliphatic hydroxyl groups is 1. The zero-order chi connectivity index (χ0) is 18.4. The lowest BCUT2D eigenvalue weighted by molar-refractivity contribution is -0.0245. The molecule has 0 aliphatic heterocycles. The predicted octanol–water partition coefficient (Wildman–Crippen LogP) is 4.48. The van der Waals surface area contributed by atoms with E-state index >= 15 is 0 Å². The van der Waals surface area contributed by atoms with Gasteiger partial charge in [-0.25, -0.2) is 4.98 Å². The standard InChI is InChI=1S/C21H24ClN3O/c1-15-18(22)25(13-16-7-8-16)19(24-15)21(26)11-9-20(14-23,10-12-21)17-5-3-2-4-6-17/h2-6,16,26H,7-13H2,1H3/t20-,21-. The van der Waals surface area contributed by atoms with Gasteiger partial charge in [0.05, 0.1) is 17.2 Å². The number of benzene rings is 1. The Morgan fingerprint density at radius 1 is 1.23 bits per heavy atom. The lowest BCUT2D eigenvalue weighted by atomic mass is 9.66. The van der Waals surface area contributed by atoms with Crippen LogP contribution in [-0.4, -0.2) is 14.7 Å². The highest BCUT2D eigenvalue weighted by Gasteiger charge is 2.46. The van der Waals surface area contributed by atoms with E-state index < -0.39 is 11.0 Å². The summed E-state index contributed by atoms with van der Waals surface area (Å²) in [6.07, 6.45) is 4.72. The molecule has 1 heterocycles. The molecule has 5 heteroatoms. The maximum atomic E-state index is 11.4. The van der Waals surface area contributed by atoms with Gasteiger partial charge in [0.15, 0.2) is 0 Å². The van der Waals surface area contributed by atoms with Crippen LogP contribution in [0, 0.1) is 24.2 Å². The zero-order valence-electron chi connectivity index (χ0n) is 15.1. The van der Waals surface area contributed by atoms with Gasteiger partial charge in [-0.15, -0.1) is 0 Å². The average molecular weight is 370 g/mol. The molecule has 0 unspecified atom stereocenters. The van der Waals surface area contributed by atoms with E-state index in [0.29, 0.717) is 42.6 Å². The van der Waals surface area contributed by atoms with Crippen LogP contribution in [-0.2, 0) is 17.6 Å². The van der Waals surface area contributed by atoms with E-state index in [-0.39, 0.29) is 0 Å². The van der Waals surface area contributed by atoms with Crippen LogP contribution in [0.3, 0.4) is 0 Å². The van der Waals surface area contributed by atoms with Crippen LogP contribution in [0.15, 0.2) is 30.3 Å². The number of aryl methyl sites for hydroxylation is 1. The van der Waals surface area contributed by atoms with Gasteiger partial charge < -0.3 is 9.67 Å². The molecular formula is C21H24ClN3O. The third-order valence-corrected chi connectivity index (χ3v) is 6.57. The highest BCUT2D eigenvalue weighted by Crippen LogP contribution is 2.47. The highest BCUT2D eigenvalue weighted by molar-refractivity contribution is 6.30. The molecule has 26 heavy (non-hydrogen) atoms. The molecule has 136 valence electrons. The Kier molecular flexibility index (Phi) is 4.33. The van der Waals surface area contributed by atoms with Gasteiger partial charge in [-0.2, -0.15) is 5.26 Å². The van der Waals surface area contributed by atoms with Crippen LogP contribution in [0.2, 0.25) is 5.15 Å². The average Bonchev–Trinajstić information content (AvgIpc) is 3.44. The van der Waals surface area contributed by atoms with Crippen molar-refractivity contribution < 1.29 is 5.11 Å². The van der Waals surface area contributed by atoms with Crippen LogP contribution >= 0.6 is 11.6 Å². The second kappa shape index (κ2) is 6.40. The zero-order valence-corrected chi connectivity index (χ0v) is 15.8. The van der Waals surface area contributed by atoms with Crippen LogP contribution in [0.5, 0.6) is 0 Å². The van der Waals surface area contributed by atoms with Gasteiger partial charge in [0.25, 0.3) is 0 Å². The first-order valence-electron chi connectivity index (χ1n) is 9.40. The molecule has 1 aromatic carbocycles. The quantitative estimate of drug-likeness (QED) is 0.864. The van der Waals surface area contributed by atoms with E-state index in [1.807, 2.05) is 41.8 Å². The van der Waals surface area contributed by atoms with Crippen molar-refractivity contribution >= 4 is 11.6 Å². The predicted molar refractivity (Wildman–Crippen MR) is 101 cm³/mol. The molecule has 4 nitrogen and oxygen atoms in total. The van der Waals surface area contributed by atoms with Crippen molar-refractivity contribution in [1.82, 2.24) is 9.55 Å². The number of nitrogens with zero attached hydrogens (tertiary/aromatic N) is 3. The second-order valence-electron chi connectivity index (χ2n) is 7.96. The van der Waals surface area contributed by atoms with Gasteiger partial charge in [-0.05, 0) is 56.9 Å². The molecule has 0 spiro atoms. The SMILES string of the molecule is Cc1nc([C@]2(O)CC[C@](C#N)(c3ccccc3)CC2)n(CC2CC2)c1Cl. The van der Waals surface area contributed by atoms with Gasteiger partial charge in [0.1, 0.15) is 16.6 Å². The van der Waals surface area contributed by atoms with E-state index in [2.05, 4.69) is 11.1 Å². The third kappa shape index (κ3) is 2.94. The summed E-state index contributed by atoms with van der Waals surface area (Å²) >= 11 is 6.48. The number of nitriles is 1. The van der Waals surface area contributed by atoms with Crippen molar-refractivity contribution in [3.8, 4) is 6.07 Å². The molecule has 4 rings (SSSR count). The van der Waals surface area contributed by atoms with E-state index in [4.69, 9.17) is 11.6 Å². The number of hydrogen-bond acceptors (Lipinski definition) is 3. The summed E-state index contributed by atoms with van der Waals surface area (Å²) in [7, 11) is 0. The second-order valence-corrected chi connectivity index (χ2v) is 8.32. The molecule has 2 aromatic rings. The molecule has 2 saturated carbocycles. The minimum Gasteiger partial charge on any atom is -0.382 e. The summed E-state index contributed by atoms with van der Waals surface area (Å²) in [5.41, 5.74) is 0.276. The topological polar surface area (TPSA) is 61.8 Å². The van der Waals surface area contributed by atoms with Crippen molar-refractivity contribution in [2.45, 2.75) is 63.0 Å². The van der Waals surface area contributed by atoms with Crippen molar-refractivity contribution in [3.05, 3.63) is 52.6 Å². The maximum absolute atomic E-state index is 11.4. The number of rotatable bonds is 4. The normalized spacial score (nSPS) is 28.7. The third-order valence-electron chi connectivity index (χ3n) is 6.09. The van der Waals surface area contributed by atoms with Gasteiger partial charge in [-0.1, -0.05) is 41.9 Å². The molecular weight excluding hydrogens is 346 g/mol. The molecule has 0 saturated heterocycles. The fourth-order valence-electron chi connectivity index (χ4n) is 4.17. The Labute approximate surface area is 159 Å². The fourth-order valence-corrected chi connectivity index (χ4v) is 4.36. The number of halogens is 1. The summed E-state index contributed by atoms with van der Waals surface area (Å²) in [5.74, 6) is 1.33. The molecule has 0 amide bonds. The summed E-state index contributed by atoms with van der Waals surface area (Å²) in [5, 5.41) is 21.9. The van der Waals surface area contributed by atoms with Crippen molar-refractivity contribution in [2.24, 2.45) is 5.92 Å². The van der Waals surface area contributed by atoms with Crippen LogP contribution in [0.25, 0.3) is 0 Å². The first-order valence-corrected chi connectivity index (χ1v) is 9.77. The number of imidazole rings is 1. The van der Waals surface area contributed by atoms with Crippen LogP contribution in [0.4, 0.5) is 0 Å². The van der Waals surface area contributed by atoms with E-state index in [9.17, 15) is 10.4 Å².